The van der Waals surface area contributed by atoms with Gasteiger partial charge >= 0.3 is 17.9 Å². The summed E-state index contributed by atoms with van der Waals surface area (Å²) in [6, 6.07) is 0. The summed E-state index contributed by atoms with van der Waals surface area (Å²) in [5.74, 6) is -0.845. The van der Waals surface area contributed by atoms with Crippen molar-refractivity contribution < 1.29 is 28.6 Å². The smallest absolute Gasteiger partial charge is 0.306 e. The Hall–Kier alpha value is -2.11. The summed E-state index contributed by atoms with van der Waals surface area (Å²) >= 11 is 0. The molecule has 1 atom stereocenters. The van der Waals surface area contributed by atoms with Crippen molar-refractivity contribution in [2.24, 2.45) is 0 Å². The molecule has 0 aromatic heterocycles. The van der Waals surface area contributed by atoms with Crippen LogP contribution >= 0.6 is 0 Å². The van der Waals surface area contributed by atoms with Gasteiger partial charge < -0.3 is 14.2 Å². The molecule has 6 nitrogen and oxygen atoms in total. The van der Waals surface area contributed by atoms with E-state index in [1.165, 1.54) is 231 Å². The second-order valence-electron chi connectivity index (χ2n) is 20.6. The monoisotopic (exact) mass is 957 g/mol. The van der Waals surface area contributed by atoms with Gasteiger partial charge in [-0.15, -0.1) is 0 Å². The number of hydrogen-bond acceptors (Lipinski definition) is 6. The fraction of sp³-hybridized carbons (Fsp3) is 0.887. The Balaban J connectivity index is 4.31. The van der Waals surface area contributed by atoms with E-state index in [-0.39, 0.29) is 31.1 Å². The van der Waals surface area contributed by atoms with Crippen LogP contribution in [0.5, 0.6) is 0 Å². The fourth-order valence-corrected chi connectivity index (χ4v) is 9.12. The van der Waals surface area contributed by atoms with Gasteiger partial charge in [0.15, 0.2) is 6.10 Å². The van der Waals surface area contributed by atoms with E-state index in [1.54, 1.807) is 0 Å². The van der Waals surface area contributed by atoms with Crippen LogP contribution in [0.1, 0.15) is 335 Å². The molecule has 0 bridgehead atoms. The summed E-state index contributed by atoms with van der Waals surface area (Å²) in [5.41, 5.74) is 0. The molecule has 400 valence electrons. The van der Waals surface area contributed by atoms with E-state index in [0.717, 1.165) is 64.2 Å². The van der Waals surface area contributed by atoms with E-state index in [4.69, 9.17) is 14.2 Å². The minimum Gasteiger partial charge on any atom is -0.462 e. The predicted molar refractivity (Wildman–Crippen MR) is 293 cm³/mol. The van der Waals surface area contributed by atoms with E-state index in [0.29, 0.717) is 19.3 Å². The number of esters is 3. The molecular formula is C62H116O6. The number of allylic oxidation sites excluding steroid dienone is 4. The van der Waals surface area contributed by atoms with Gasteiger partial charge in [-0.1, -0.05) is 289 Å². The molecule has 0 aromatic carbocycles. The van der Waals surface area contributed by atoms with Crippen molar-refractivity contribution in [3.63, 3.8) is 0 Å². The van der Waals surface area contributed by atoms with Crippen molar-refractivity contribution in [1.29, 1.82) is 0 Å². The van der Waals surface area contributed by atoms with Gasteiger partial charge in [-0.05, 0) is 51.4 Å². The molecule has 0 saturated heterocycles. The molecular weight excluding hydrogens is 841 g/mol. The number of unbranched alkanes of at least 4 members (excludes halogenated alkanes) is 41. The van der Waals surface area contributed by atoms with Gasteiger partial charge in [0.2, 0.25) is 0 Å². The molecule has 0 aliphatic rings. The quantitative estimate of drug-likeness (QED) is 0.0262. The first-order valence-electron chi connectivity index (χ1n) is 30.3. The third-order valence-electron chi connectivity index (χ3n) is 13.7. The van der Waals surface area contributed by atoms with Crippen LogP contribution in [0, 0.1) is 0 Å². The van der Waals surface area contributed by atoms with Crippen LogP contribution in [0.15, 0.2) is 24.3 Å². The van der Waals surface area contributed by atoms with E-state index < -0.39 is 6.10 Å². The number of carbonyl (C=O) groups is 3. The molecule has 0 fully saturated rings. The van der Waals surface area contributed by atoms with Crippen LogP contribution in [0.4, 0.5) is 0 Å². The largest absolute Gasteiger partial charge is 0.462 e. The first kappa shape index (κ1) is 65.9. The topological polar surface area (TPSA) is 78.9 Å². The minimum atomic E-state index is -0.768. The lowest BCUT2D eigenvalue weighted by molar-refractivity contribution is -0.167. The van der Waals surface area contributed by atoms with Crippen molar-refractivity contribution >= 4 is 17.9 Å². The van der Waals surface area contributed by atoms with Gasteiger partial charge in [-0.3, -0.25) is 14.4 Å². The van der Waals surface area contributed by atoms with Crippen LogP contribution in [-0.4, -0.2) is 37.2 Å². The molecule has 0 radical (unpaired) electrons. The average molecular weight is 958 g/mol. The van der Waals surface area contributed by atoms with Gasteiger partial charge in [0.25, 0.3) is 0 Å². The van der Waals surface area contributed by atoms with Crippen molar-refractivity contribution in [1.82, 2.24) is 0 Å². The number of hydrogen-bond donors (Lipinski definition) is 0. The van der Waals surface area contributed by atoms with E-state index in [1.807, 2.05) is 0 Å². The van der Waals surface area contributed by atoms with Gasteiger partial charge in [0.1, 0.15) is 13.2 Å². The summed E-state index contributed by atoms with van der Waals surface area (Å²) in [6.07, 6.45) is 67.4. The fourth-order valence-electron chi connectivity index (χ4n) is 9.12. The minimum absolute atomic E-state index is 0.0664. The highest BCUT2D eigenvalue weighted by molar-refractivity contribution is 5.71. The third kappa shape index (κ3) is 54.8. The maximum absolute atomic E-state index is 12.9. The molecule has 0 rings (SSSR count). The Morgan fingerprint density at radius 2 is 0.529 bits per heavy atom. The lowest BCUT2D eigenvalue weighted by atomic mass is 10.0. The van der Waals surface area contributed by atoms with Crippen molar-refractivity contribution in [3.8, 4) is 0 Å². The Morgan fingerprint density at radius 3 is 0.838 bits per heavy atom. The van der Waals surface area contributed by atoms with Crippen molar-refractivity contribution in [2.45, 2.75) is 341 Å². The summed E-state index contributed by atoms with van der Waals surface area (Å²) in [5, 5.41) is 0. The first-order valence-corrected chi connectivity index (χ1v) is 30.3. The maximum Gasteiger partial charge on any atom is 0.306 e. The number of rotatable bonds is 56. The van der Waals surface area contributed by atoms with Gasteiger partial charge in [-0.2, -0.15) is 0 Å². The predicted octanol–water partition coefficient (Wildman–Crippen LogP) is 20.3. The third-order valence-corrected chi connectivity index (χ3v) is 13.7. The average Bonchev–Trinajstić information content (AvgIpc) is 3.34. The molecule has 68 heavy (non-hydrogen) atoms. The number of ether oxygens (including phenoxy) is 3. The Kier molecular flexibility index (Phi) is 55.7. The zero-order valence-corrected chi connectivity index (χ0v) is 45.9. The second kappa shape index (κ2) is 57.5. The van der Waals surface area contributed by atoms with Gasteiger partial charge in [0.05, 0.1) is 0 Å². The van der Waals surface area contributed by atoms with Crippen molar-refractivity contribution in [2.75, 3.05) is 13.2 Å². The van der Waals surface area contributed by atoms with Crippen LogP contribution in [0.2, 0.25) is 0 Å². The first-order chi connectivity index (χ1) is 33.5. The zero-order valence-electron chi connectivity index (χ0n) is 45.9. The summed E-state index contributed by atoms with van der Waals surface area (Å²) < 4.78 is 16.9. The summed E-state index contributed by atoms with van der Waals surface area (Å²) in [4.78, 5) is 38.2. The van der Waals surface area contributed by atoms with Gasteiger partial charge in [-0.25, -0.2) is 0 Å². The van der Waals surface area contributed by atoms with E-state index >= 15 is 0 Å². The van der Waals surface area contributed by atoms with Crippen LogP contribution < -0.4 is 0 Å². The lowest BCUT2D eigenvalue weighted by Gasteiger charge is -2.18. The molecule has 0 heterocycles. The molecule has 0 aliphatic heterocycles. The molecule has 0 spiro atoms. The molecule has 0 N–H and O–H groups in total. The second-order valence-corrected chi connectivity index (χ2v) is 20.6. The highest BCUT2D eigenvalue weighted by atomic mass is 16.6. The highest BCUT2D eigenvalue weighted by Crippen LogP contribution is 2.17. The Labute approximate surface area is 423 Å². The number of carbonyl (C=O) groups excluding carboxylic acids is 3. The molecule has 0 aliphatic carbocycles. The molecule has 6 heteroatoms. The SMILES string of the molecule is CCCCC/C=C\C/C=C\CCCCCCCCCCCC(=O)OCC(COC(=O)CCCCCCCCCCCCCCCC)OC(=O)CCCCCCCCCCCCCCCCCCC. The zero-order chi connectivity index (χ0) is 49.3. The van der Waals surface area contributed by atoms with Crippen LogP contribution in [0.25, 0.3) is 0 Å². The van der Waals surface area contributed by atoms with Crippen molar-refractivity contribution in [3.05, 3.63) is 24.3 Å². The summed E-state index contributed by atoms with van der Waals surface area (Å²) in [7, 11) is 0. The van der Waals surface area contributed by atoms with Crippen LogP contribution in [-0.2, 0) is 28.6 Å². The van der Waals surface area contributed by atoms with Crippen LogP contribution in [0.3, 0.4) is 0 Å². The maximum atomic E-state index is 12.9. The van der Waals surface area contributed by atoms with E-state index in [9.17, 15) is 14.4 Å². The standard InChI is InChI=1S/C62H116O6/c1-4-7-10-13-16-19-22-25-28-30-31-33-34-37-40-43-46-49-52-55-61(64)67-58-59(57-66-60(63)54-51-48-45-42-39-36-27-24-21-18-15-12-9-6-3)68-62(65)56-53-50-47-44-41-38-35-32-29-26-23-20-17-14-11-8-5-2/h16,19,25,28,59H,4-15,17-18,20-24,26-27,29-58H2,1-3H3/b19-16-,28-25-. The highest BCUT2D eigenvalue weighted by Gasteiger charge is 2.19. The molecule has 0 saturated carbocycles. The molecule has 0 amide bonds. The Morgan fingerprint density at radius 1 is 0.294 bits per heavy atom. The Bertz CT molecular complexity index is 1100. The molecule has 0 aromatic rings. The normalized spacial score (nSPS) is 12.1. The van der Waals surface area contributed by atoms with Gasteiger partial charge in [0, 0.05) is 19.3 Å². The summed E-state index contributed by atoms with van der Waals surface area (Å²) in [6.45, 7) is 6.67. The van der Waals surface area contributed by atoms with E-state index in [2.05, 4.69) is 45.1 Å². The molecule has 1 unspecified atom stereocenters. The lowest BCUT2D eigenvalue weighted by Crippen LogP contribution is -2.30.